The Balaban J connectivity index is 1.90. The van der Waals surface area contributed by atoms with Gasteiger partial charge in [-0.05, 0) is 36.4 Å². The monoisotopic (exact) mass is 341 g/mol. The van der Waals surface area contributed by atoms with Gasteiger partial charge in [-0.15, -0.1) is 0 Å². The van der Waals surface area contributed by atoms with Gasteiger partial charge in [0.15, 0.2) is 0 Å². The number of halogens is 1. The van der Waals surface area contributed by atoms with Crippen molar-refractivity contribution < 1.29 is 14.2 Å². The number of aliphatic hydroxyl groups is 1. The van der Waals surface area contributed by atoms with E-state index in [9.17, 15) is 4.39 Å². The van der Waals surface area contributed by atoms with E-state index in [0.717, 1.165) is 22.5 Å². The van der Waals surface area contributed by atoms with Crippen molar-refractivity contribution in [3.63, 3.8) is 0 Å². The molecule has 0 radical (unpaired) electrons. The number of pyridine rings is 1. The molecule has 0 aliphatic rings. The Labute approximate surface area is 148 Å². The number of nitrogens with zero attached hydrogens (tertiary/aromatic N) is 2. The molecule has 0 aliphatic heterocycles. The van der Waals surface area contributed by atoms with Crippen LogP contribution in [0, 0.1) is 17.8 Å². The third-order valence-corrected chi connectivity index (χ3v) is 3.64. The van der Waals surface area contributed by atoms with Crippen LogP contribution in [-0.2, 0) is 11.3 Å². The van der Waals surface area contributed by atoms with Crippen LogP contribution < -0.4 is 4.90 Å². The Bertz CT molecular complexity index is 699. The van der Waals surface area contributed by atoms with Crippen LogP contribution in [0.25, 0.3) is 0 Å². The van der Waals surface area contributed by atoms with Gasteiger partial charge in [-0.1, -0.05) is 11.8 Å². The molecule has 0 aliphatic carbocycles. The third-order valence-electron chi connectivity index (χ3n) is 3.64. The fourth-order valence-electron chi connectivity index (χ4n) is 2.05. The molecule has 1 atom stereocenters. The Morgan fingerprint density at radius 3 is 2.36 bits per heavy atom. The van der Waals surface area contributed by atoms with E-state index in [1.165, 1.54) is 0 Å². The number of ether oxygens (including phenoxy) is 1. The van der Waals surface area contributed by atoms with Gasteiger partial charge in [-0.2, -0.15) is 0 Å². The molecule has 2 aromatic rings. The SMILES string of the molecule is CN(C)c1ccc(C#Cc2ccc(COCC(CO)C[18F])nc2)cc1. The number of aliphatic hydroxyl groups excluding tert-OH is 1. The van der Waals surface area contributed by atoms with Gasteiger partial charge in [0.05, 0.1) is 32.2 Å². The first-order valence-corrected chi connectivity index (χ1v) is 8.11. The maximum Gasteiger partial charge on any atom is 0.0966 e. The second kappa shape index (κ2) is 9.77. The molecule has 1 aromatic carbocycles. The molecule has 1 unspecified atom stereocenters. The summed E-state index contributed by atoms with van der Waals surface area (Å²) in [6.07, 6.45) is 1.69. The lowest BCUT2D eigenvalue weighted by Crippen LogP contribution is -2.16. The Morgan fingerprint density at radius 2 is 1.80 bits per heavy atom. The lowest BCUT2D eigenvalue weighted by Gasteiger charge is -2.11. The molecule has 4 nitrogen and oxygen atoms in total. The van der Waals surface area contributed by atoms with Crippen molar-refractivity contribution in [1.82, 2.24) is 4.98 Å². The molecule has 0 saturated heterocycles. The number of anilines is 1. The van der Waals surface area contributed by atoms with Gasteiger partial charge >= 0.3 is 0 Å². The quantitative estimate of drug-likeness (QED) is 0.787. The molecule has 132 valence electrons. The first-order valence-electron chi connectivity index (χ1n) is 8.11. The second-order valence-corrected chi connectivity index (χ2v) is 5.95. The average Bonchev–Trinajstić information content (AvgIpc) is 2.65. The highest BCUT2D eigenvalue weighted by Gasteiger charge is 2.07. The van der Waals surface area contributed by atoms with Crippen molar-refractivity contribution in [3.05, 3.63) is 59.4 Å². The van der Waals surface area contributed by atoms with Gasteiger partial charge in [0.2, 0.25) is 0 Å². The van der Waals surface area contributed by atoms with Crippen molar-refractivity contribution in [2.24, 2.45) is 5.92 Å². The summed E-state index contributed by atoms with van der Waals surface area (Å²) >= 11 is 0. The Kier molecular flexibility index (Phi) is 7.39. The minimum Gasteiger partial charge on any atom is -0.396 e. The van der Waals surface area contributed by atoms with Gasteiger partial charge in [0.25, 0.3) is 0 Å². The van der Waals surface area contributed by atoms with Crippen LogP contribution in [0.5, 0.6) is 0 Å². The highest BCUT2D eigenvalue weighted by atomic mass is 18.2. The summed E-state index contributed by atoms with van der Waals surface area (Å²) in [6, 6.07) is 11.7. The number of benzene rings is 1. The van der Waals surface area contributed by atoms with Gasteiger partial charge in [-0.25, -0.2) is 0 Å². The maximum absolute atomic E-state index is 12.4. The predicted octanol–water partition coefficient (Wildman–Crippen LogP) is 2.64. The van der Waals surface area contributed by atoms with Crippen LogP contribution in [-0.4, -0.2) is 44.1 Å². The number of hydrogen-bond donors (Lipinski definition) is 1. The van der Waals surface area contributed by atoms with E-state index in [4.69, 9.17) is 9.84 Å². The molecule has 1 aromatic heterocycles. The Hall–Kier alpha value is -2.42. The number of aromatic nitrogens is 1. The van der Waals surface area contributed by atoms with Crippen molar-refractivity contribution in [1.29, 1.82) is 0 Å². The minimum absolute atomic E-state index is 0.180. The number of rotatable bonds is 7. The molecule has 0 fully saturated rings. The molecule has 0 bridgehead atoms. The highest BCUT2D eigenvalue weighted by molar-refractivity contribution is 5.50. The summed E-state index contributed by atoms with van der Waals surface area (Å²) in [6.45, 7) is -0.336. The summed E-state index contributed by atoms with van der Waals surface area (Å²) in [5.41, 5.74) is 3.64. The van der Waals surface area contributed by atoms with Crippen molar-refractivity contribution in [3.8, 4) is 11.8 Å². The summed E-state index contributed by atoms with van der Waals surface area (Å²) < 4.78 is 17.8. The molecule has 2 rings (SSSR count). The zero-order valence-electron chi connectivity index (χ0n) is 14.6. The van der Waals surface area contributed by atoms with Crippen LogP contribution >= 0.6 is 0 Å². The molecule has 0 amide bonds. The lowest BCUT2D eigenvalue weighted by atomic mass is 10.2. The first-order chi connectivity index (χ1) is 12.1. The van der Waals surface area contributed by atoms with Crippen molar-refractivity contribution in [2.45, 2.75) is 6.61 Å². The molecule has 0 spiro atoms. The summed E-state index contributed by atoms with van der Waals surface area (Å²) in [5.74, 6) is 5.72. The van der Waals surface area contributed by atoms with E-state index in [0.29, 0.717) is 0 Å². The van der Waals surface area contributed by atoms with E-state index in [-0.39, 0.29) is 19.8 Å². The molecular weight excluding hydrogens is 318 g/mol. The molecule has 25 heavy (non-hydrogen) atoms. The highest BCUT2D eigenvalue weighted by Crippen LogP contribution is 2.11. The standard InChI is InChI=1S/C20H23FN2O2/c1-23(2)20-9-6-16(7-10-20)3-4-17-5-8-19(22-12-17)15-25-14-18(11-21)13-24/h5-10,12,18,24H,11,13-15H2,1-2H3/i21-1. The van der Waals surface area contributed by atoms with E-state index >= 15 is 0 Å². The maximum atomic E-state index is 12.4. The Morgan fingerprint density at radius 1 is 1.12 bits per heavy atom. The number of hydrogen-bond acceptors (Lipinski definition) is 4. The summed E-state index contributed by atoms with van der Waals surface area (Å²) in [5, 5.41) is 8.90. The third kappa shape index (κ3) is 6.18. The summed E-state index contributed by atoms with van der Waals surface area (Å²) in [4.78, 5) is 6.33. The summed E-state index contributed by atoms with van der Waals surface area (Å²) in [7, 11) is 4.00. The molecular formula is C20H23FN2O2. The molecule has 1 N–H and O–H groups in total. The molecule has 5 heteroatoms. The van der Waals surface area contributed by atoms with Crippen LogP contribution in [0.3, 0.4) is 0 Å². The van der Waals surface area contributed by atoms with Gasteiger partial charge in [0.1, 0.15) is 0 Å². The van der Waals surface area contributed by atoms with Gasteiger partial charge in [-0.3, -0.25) is 9.37 Å². The van der Waals surface area contributed by atoms with E-state index in [1.54, 1.807) is 6.20 Å². The van der Waals surface area contributed by atoms with Crippen molar-refractivity contribution >= 4 is 5.69 Å². The predicted molar refractivity (Wildman–Crippen MR) is 97.2 cm³/mol. The zero-order valence-corrected chi connectivity index (χ0v) is 14.6. The van der Waals surface area contributed by atoms with Crippen LogP contribution in [0.4, 0.5) is 10.1 Å². The van der Waals surface area contributed by atoms with Crippen molar-refractivity contribution in [2.75, 3.05) is 38.9 Å². The van der Waals surface area contributed by atoms with Crippen LogP contribution in [0.1, 0.15) is 16.8 Å². The van der Waals surface area contributed by atoms with E-state index in [1.807, 2.05) is 55.4 Å². The van der Waals surface area contributed by atoms with Gasteiger partial charge < -0.3 is 14.7 Å². The normalized spacial score (nSPS) is 11.5. The first kappa shape index (κ1) is 18.9. The zero-order chi connectivity index (χ0) is 18.1. The fraction of sp³-hybridized carbons (Fsp3) is 0.350. The molecule has 0 saturated carbocycles. The van der Waals surface area contributed by atoms with E-state index < -0.39 is 12.6 Å². The van der Waals surface area contributed by atoms with Gasteiger partial charge in [0, 0.05) is 43.0 Å². The van der Waals surface area contributed by atoms with Crippen LogP contribution in [0.15, 0.2) is 42.6 Å². The lowest BCUT2D eigenvalue weighted by molar-refractivity contribution is 0.0513. The smallest absolute Gasteiger partial charge is 0.0966 e. The average molecular weight is 341 g/mol. The minimum atomic E-state index is -0.589. The number of alkyl halides is 1. The van der Waals surface area contributed by atoms with Crippen LogP contribution in [0.2, 0.25) is 0 Å². The second-order valence-electron chi connectivity index (χ2n) is 5.95. The van der Waals surface area contributed by atoms with E-state index in [2.05, 4.69) is 16.8 Å². The topological polar surface area (TPSA) is 45.6 Å². The fourth-order valence-corrected chi connectivity index (χ4v) is 2.05. The largest absolute Gasteiger partial charge is 0.396 e. The molecule has 1 heterocycles.